The van der Waals surface area contributed by atoms with E-state index in [4.69, 9.17) is 37.4 Å². The molecule has 1 aliphatic carbocycles. The second-order valence-electron chi connectivity index (χ2n) is 8.57. The highest BCUT2D eigenvalue weighted by Crippen LogP contribution is 2.38. The molecule has 0 unspecified atom stereocenters. The van der Waals surface area contributed by atoms with Gasteiger partial charge in [0.1, 0.15) is 21.9 Å². The normalized spacial score (nSPS) is 13.6. The van der Waals surface area contributed by atoms with Crippen LogP contribution in [0, 0.1) is 16.0 Å². The second kappa shape index (κ2) is 12.3. The SMILES string of the molecule is O=C(Oc1ccc([N+](=O)[O-])cc1)O[C@@H](Cc1c(Cl)c[n+](O)cc1Cl)c1ccc(OC(F)F)c(OCC2CC2)c1. The molecule has 3 aromatic rings. The van der Waals surface area contributed by atoms with E-state index >= 15 is 0 Å². The van der Waals surface area contributed by atoms with Crippen molar-refractivity contribution in [2.24, 2.45) is 5.92 Å². The summed E-state index contributed by atoms with van der Waals surface area (Å²) in [6, 6.07) is 8.82. The number of nitro benzene ring substituents is 1. The number of alkyl halides is 2. The van der Waals surface area contributed by atoms with Crippen LogP contribution in [0.15, 0.2) is 54.9 Å². The molecule has 4 rings (SSSR count). The molecule has 1 aromatic heterocycles. The molecule has 206 valence electrons. The first-order valence-corrected chi connectivity index (χ1v) is 12.3. The highest BCUT2D eigenvalue weighted by Gasteiger charge is 2.27. The molecule has 2 aromatic carbocycles. The first-order valence-electron chi connectivity index (χ1n) is 11.5. The van der Waals surface area contributed by atoms with Crippen molar-refractivity contribution in [3.8, 4) is 17.2 Å². The summed E-state index contributed by atoms with van der Waals surface area (Å²) in [5.74, 6) is 0.119. The highest BCUT2D eigenvalue weighted by molar-refractivity contribution is 6.35. The van der Waals surface area contributed by atoms with E-state index in [0.29, 0.717) is 28.4 Å². The topological polar surface area (TPSA) is 121 Å². The third kappa shape index (κ3) is 7.80. The van der Waals surface area contributed by atoms with Gasteiger partial charge in [-0.3, -0.25) is 15.3 Å². The molecule has 1 fully saturated rings. The van der Waals surface area contributed by atoms with E-state index in [-0.39, 0.29) is 39.4 Å². The van der Waals surface area contributed by atoms with Gasteiger partial charge in [0.15, 0.2) is 11.5 Å². The van der Waals surface area contributed by atoms with Crippen molar-refractivity contribution in [3.05, 3.63) is 86.1 Å². The lowest BCUT2D eigenvalue weighted by Crippen LogP contribution is -2.29. The van der Waals surface area contributed by atoms with Crippen molar-refractivity contribution in [2.75, 3.05) is 6.61 Å². The van der Waals surface area contributed by atoms with Crippen LogP contribution >= 0.6 is 23.2 Å². The average molecular weight is 586 g/mol. The zero-order valence-corrected chi connectivity index (χ0v) is 21.5. The van der Waals surface area contributed by atoms with Gasteiger partial charge < -0.3 is 18.9 Å². The van der Waals surface area contributed by atoms with Crippen molar-refractivity contribution < 1.29 is 47.4 Å². The maximum Gasteiger partial charge on any atom is 0.514 e. The van der Waals surface area contributed by atoms with Crippen LogP contribution in [0.3, 0.4) is 0 Å². The van der Waals surface area contributed by atoms with Crippen molar-refractivity contribution in [3.63, 3.8) is 0 Å². The Balaban J connectivity index is 1.62. The first kappa shape index (κ1) is 28.1. The van der Waals surface area contributed by atoms with Gasteiger partial charge in [0, 0.05) is 28.8 Å². The third-order valence-corrected chi connectivity index (χ3v) is 6.32. The van der Waals surface area contributed by atoms with E-state index in [1.165, 1.54) is 42.7 Å². The quantitative estimate of drug-likeness (QED) is 0.0693. The number of halogens is 4. The Morgan fingerprint density at radius 1 is 1.10 bits per heavy atom. The molecule has 39 heavy (non-hydrogen) atoms. The lowest BCUT2D eigenvalue weighted by molar-refractivity contribution is -0.904. The predicted octanol–water partition coefficient (Wildman–Crippen LogP) is 6.32. The maximum atomic E-state index is 13.0. The maximum absolute atomic E-state index is 13.0. The van der Waals surface area contributed by atoms with E-state index in [9.17, 15) is 28.9 Å². The van der Waals surface area contributed by atoms with Crippen molar-refractivity contribution in [1.29, 1.82) is 0 Å². The molecule has 0 amide bonds. The molecule has 1 aliphatic rings. The van der Waals surface area contributed by atoms with Gasteiger partial charge in [0.05, 0.1) is 11.5 Å². The summed E-state index contributed by atoms with van der Waals surface area (Å²) in [6.45, 7) is -2.79. The number of aromatic nitrogens is 1. The van der Waals surface area contributed by atoms with Crippen LogP contribution in [-0.2, 0) is 11.2 Å². The van der Waals surface area contributed by atoms with Gasteiger partial charge in [0.2, 0.25) is 12.4 Å². The fourth-order valence-corrected chi connectivity index (χ4v) is 4.15. The number of ether oxygens (including phenoxy) is 4. The monoisotopic (exact) mass is 585 g/mol. The zero-order valence-electron chi connectivity index (χ0n) is 20.0. The molecular weight excluding hydrogens is 565 g/mol. The Kier molecular flexibility index (Phi) is 8.87. The van der Waals surface area contributed by atoms with Gasteiger partial charge in [0.25, 0.3) is 5.69 Å². The van der Waals surface area contributed by atoms with Crippen LogP contribution in [0.1, 0.15) is 30.1 Å². The molecule has 0 radical (unpaired) electrons. The second-order valence-corrected chi connectivity index (χ2v) is 9.38. The molecule has 0 aliphatic heterocycles. The first-order chi connectivity index (χ1) is 18.6. The summed E-state index contributed by atoms with van der Waals surface area (Å²) < 4.78 is 47.6. The molecule has 10 nitrogen and oxygen atoms in total. The smallest absolute Gasteiger partial charge is 0.489 e. The van der Waals surface area contributed by atoms with Gasteiger partial charge in [-0.2, -0.15) is 8.78 Å². The highest BCUT2D eigenvalue weighted by atomic mass is 35.5. The predicted molar refractivity (Wildman–Crippen MR) is 132 cm³/mol. The van der Waals surface area contributed by atoms with Gasteiger partial charge in [-0.25, -0.2) is 4.79 Å². The lowest BCUT2D eigenvalue weighted by atomic mass is 10.0. The third-order valence-electron chi connectivity index (χ3n) is 5.67. The number of pyridine rings is 1. The standard InChI is InChI=1S/C25H21Cl2F2N2O8/c26-19-11-30(33)12-20(27)18(19)10-22(39-25(32)37-17-6-4-16(5-7-17)31(34)35)15-3-8-21(38-24(28)29)23(9-15)36-13-14-1-2-14/h3-9,11-12,14,22,24,33H,1-2,10,13H2/q+1/t22-/m0/s1. The summed E-state index contributed by atoms with van der Waals surface area (Å²) in [7, 11) is 0. The van der Waals surface area contributed by atoms with Crippen LogP contribution < -0.4 is 18.9 Å². The zero-order chi connectivity index (χ0) is 28.1. The van der Waals surface area contributed by atoms with Gasteiger partial charge in [-0.15, -0.1) is 0 Å². The number of hydrogen-bond acceptors (Lipinski definition) is 8. The fourth-order valence-electron chi connectivity index (χ4n) is 3.54. The summed E-state index contributed by atoms with van der Waals surface area (Å²) in [5, 5.41) is 20.7. The van der Waals surface area contributed by atoms with Crippen LogP contribution in [-0.4, -0.2) is 29.5 Å². The molecule has 14 heteroatoms. The van der Waals surface area contributed by atoms with Crippen molar-refractivity contribution in [1.82, 2.24) is 0 Å². The average Bonchev–Trinajstić information content (AvgIpc) is 3.69. The minimum atomic E-state index is -3.09. The van der Waals surface area contributed by atoms with E-state index in [1.807, 2.05) is 0 Å². The number of nitro groups is 1. The number of hydrogen-bond donors (Lipinski definition) is 1. The summed E-state index contributed by atoms with van der Waals surface area (Å²) in [5.41, 5.74) is 0.425. The number of carbonyl (C=O) groups excluding carboxylic acids is 1. The van der Waals surface area contributed by atoms with Crippen LogP contribution in [0.5, 0.6) is 17.2 Å². The fraction of sp³-hybridized carbons (Fsp3) is 0.280. The minimum Gasteiger partial charge on any atom is -0.489 e. The van der Waals surface area contributed by atoms with Crippen molar-refractivity contribution in [2.45, 2.75) is 32.0 Å². The van der Waals surface area contributed by atoms with E-state index in [0.717, 1.165) is 25.0 Å². The van der Waals surface area contributed by atoms with E-state index in [1.54, 1.807) is 0 Å². The van der Waals surface area contributed by atoms with Crippen molar-refractivity contribution >= 4 is 35.0 Å². The van der Waals surface area contributed by atoms with E-state index < -0.39 is 23.8 Å². The molecule has 1 N–H and O–H groups in total. The molecule has 1 saturated carbocycles. The Morgan fingerprint density at radius 2 is 1.77 bits per heavy atom. The van der Waals surface area contributed by atoms with Crippen LogP contribution in [0.4, 0.5) is 19.3 Å². The number of non-ortho nitro benzene ring substituents is 1. The Morgan fingerprint density at radius 3 is 2.36 bits per heavy atom. The summed E-state index contributed by atoms with van der Waals surface area (Å²) in [6.07, 6.45) is 1.89. The largest absolute Gasteiger partial charge is 0.514 e. The van der Waals surface area contributed by atoms with Gasteiger partial charge >= 0.3 is 12.8 Å². The number of rotatable bonds is 11. The summed E-state index contributed by atoms with van der Waals surface area (Å²) >= 11 is 12.5. The van der Waals surface area contributed by atoms with Gasteiger partial charge in [-0.05, 0) is 48.6 Å². The lowest BCUT2D eigenvalue weighted by Gasteiger charge is -2.21. The number of benzene rings is 2. The summed E-state index contributed by atoms with van der Waals surface area (Å²) in [4.78, 5) is 23.0. The molecule has 0 spiro atoms. The Bertz CT molecular complexity index is 1330. The van der Waals surface area contributed by atoms with E-state index in [2.05, 4.69) is 4.74 Å². The molecule has 0 saturated heterocycles. The molecule has 1 atom stereocenters. The van der Waals surface area contributed by atoms with Gasteiger partial charge in [-0.1, -0.05) is 29.3 Å². The Hall–Kier alpha value is -3.90. The number of nitrogens with zero attached hydrogens (tertiary/aromatic N) is 2. The van der Waals surface area contributed by atoms with Crippen LogP contribution in [0.2, 0.25) is 10.0 Å². The minimum absolute atomic E-state index is 0.0180. The number of carbonyl (C=O) groups is 1. The molecule has 1 heterocycles. The molecule has 0 bridgehead atoms. The molecular formula is C25H21Cl2F2N2O8+. The Labute approximate surface area is 230 Å². The van der Waals surface area contributed by atoms with Crippen LogP contribution in [0.25, 0.3) is 0 Å².